The predicted molar refractivity (Wildman–Crippen MR) is 111 cm³/mol. The van der Waals surface area contributed by atoms with E-state index in [1.165, 1.54) is 12.4 Å². The number of rotatable bonds is 7. The summed E-state index contributed by atoms with van der Waals surface area (Å²) in [5.74, 6) is 1.09. The predicted octanol–water partition coefficient (Wildman–Crippen LogP) is 4.16. The van der Waals surface area contributed by atoms with Crippen LogP contribution in [0, 0.1) is 6.92 Å². The van der Waals surface area contributed by atoms with Crippen molar-refractivity contribution in [3.8, 4) is 5.75 Å². The molecule has 0 saturated heterocycles. The molecule has 28 heavy (non-hydrogen) atoms. The van der Waals surface area contributed by atoms with Gasteiger partial charge in [0.2, 0.25) is 0 Å². The molecule has 0 fully saturated rings. The zero-order valence-corrected chi connectivity index (χ0v) is 16.5. The minimum atomic E-state index is -0.260. The first-order chi connectivity index (χ1) is 13.5. The molecule has 2 aromatic carbocycles. The normalized spacial score (nSPS) is 10.4. The van der Waals surface area contributed by atoms with Gasteiger partial charge >= 0.3 is 0 Å². The number of carbonyl (C=O) groups is 1. The second kappa shape index (κ2) is 9.19. The lowest BCUT2D eigenvalue weighted by molar-refractivity contribution is 0.0949. The van der Waals surface area contributed by atoms with Crippen LogP contribution in [0.5, 0.6) is 5.75 Å². The fourth-order valence-electron chi connectivity index (χ4n) is 2.65. The monoisotopic (exact) mass is 396 g/mol. The van der Waals surface area contributed by atoms with Gasteiger partial charge in [-0.2, -0.15) is 0 Å². The number of nitrogens with one attached hydrogen (secondary N) is 2. The number of halogens is 1. The highest BCUT2D eigenvalue weighted by Crippen LogP contribution is 2.22. The van der Waals surface area contributed by atoms with E-state index in [4.69, 9.17) is 16.3 Å². The molecule has 1 amide bonds. The lowest BCUT2D eigenvalue weighted by Crippen LogP contribution is -2.26. The molecule has 2 N–H and O–H groups in total. The minimum absolute atomic E-state index is 0.260. The summed E-state index contributed by atoms with van der Waals surface area (Å²) in [7, 11) is 1.63. The Balaban J connectivity index is 1.54. The van der Waals surface area contributed by atoms with Crippen molar-refractivity contribution in [3.05, 3.63) is 76.7 Å². The number of methoxy groups -OCH3 is 1. The summed E-state index contributed by atoms with van der Waals surface area (Å²) < 4.78 is 5.20. The number of aryl methyl sites for hydroxylation is 1. The highest BCUT2D eigenvalue weighted by Gasteiger charge is 2.08. The fraction of sp³-hybridized carbons (Fsp3) is 0.190. The van der Waals surface area contributed by atoms with E-state index in [1.54, 1.807) is 13.2 Å². The lowest BCUT2D eigenvalue weighted by Gasteiger charge is -2.09. The first-order valence-electron chi connectivity index (χ1n) is 8.81. The highest BCUT2D eigenvalue weighted by atomic mass is 35.5. The summed E-state index contributed by atoms with van der Waals surface area (Å²) in [5.41, 5.74) is 3.23. The molecule has 7 heteroatoms. The smallest absolute Gasteiger partial charge is 0.271 e. The zero-order chi connectivity index (χ0) is 19.9. The molecule has 0 unspecified atom stereocenters. The van der Waals surface area contributed by atoms with E-state index in [9.17, 15) is 4.79 Å². The Morgan fingerprint density at radius 1 is 1.14 bits per heavy atom. The van der Waals surface area contributed by atoms with Crippen molar-refractivity contribution in [2.75, 3.05) is 19.0 Å². The average molecular weight is 397 g/mol. The zero-order valence-electron chi connectivity index (χ0n) is 15.7. The summed E-state index contributed by atoms with van der Waals surface area (Å²) in [6.45, 7) is 2.45. The van der Waals surface area contributed by atoms with Gasteiger partial charge in [-0.3, -0.25) is 4.79 Å². The Morgan fingerprint density at radius 3 is 2.71 bits per heavy atom. The molecule has 0 saturated carbocycles. The molecule has 6 nitrogen and oxygen atoms in total. The number of aromatic nitrogens is 2. The number of nitrogens with zero attached hydrogens (tertiary/aromatic N) is 2. The quantitative estimate of drug-likeness (QED) is 0.627. The van der Waals surface area contributed by atoms with Crippen molar-refractivity contribution in [2.45, 2.75) is 13.3 Å². The summed E-state index contributed by atoms with van der Waals surface area (Å²) in [5, 5.41) is 6.69. The Hall–Kier alpha value is -3.12. The van der Waals surface area contributed by atoms with E-state index in [0.29, 0.717) is 23.8 Å². The molecule has 0 atom stereocenters. The first kappa shape index (κ1) is 19.6. The molecule has 0 aliphatic heterocycles. The van der Waals surface area contributed by atoms with Crippen LogP contribution < -0.4 is 15.4 Å². The van der Waals surface area contributed by atoms with Gasteiger partial charge in [0, 0.05) is 17.3 Å². The maximum Gasteiger partial charge on any atom is 0.271 e. The topological polar surface area (TPSA) is 76.1 Å². The van der Waals surface area contributed by atoms with E-state index < -0.39 is 0 Å². The van der Waals surface area contributed by atoms with Crippen molar-refractivity contribution in [2.24, 2.45) is 0 Å². The van der Waals surface area contributed by atoms with Gasteiger partial charge in [0.25, 0.3) is 5.91 Å². The SMILES string of the molecule is COc1cccc(CCNC(=O)c2cnc(Nc3ccc(Cl)cc3C)cn2)c1. The molecule has 3 aromatic rings. The Labute approximate surface area is 168 Å². The molecule has 0 aliphatic carbocycles. The molecule has 0 spiro atoms. The van der Waals surface area contributed by atoms with Crippen molar-refractivity contribution in [1.29, 1.82) is 0 Å². The van der Waals surface area contributed by atoms with Crippen molar-refractivity contribution < 1.29 is 9.53 Å². The maximum absolute atomic E-state index is 12.2. The number of ether oxygens (including phenoxy) is 1. The number of carbonyl (C=O) groups excluding carboxylic acids is 1. The third kappa shape index (κ3) is 5.20. The Kier molecular flexibility index (Phi) is 6.45. The minimum Gasteiger partial charge on any atom is -0.497 e. The van der Waals surface area contributed by atoms with Crippen LogP contribution in [-0.4, -0.2) is 29.5 Å². The molecule has 0 bridgehead atoms. The van der Waals surface area contributed by atoms with Gasteiger partial charge in [0.15, 0.2) is 0 Å². The van der Waals surface area contributed by atoms with Gasteiger partial charge in [-0.15, -0.1) is 0 Å². The Morgan fingerprint density at radius 2 is 2.00 bits per heavy atom. The van der Waals surface area contributed by atoms with Gasteiger partial charge in [0.1, 0.15) is 17.3 Å². The van der Waals surface area contributed by atoms with Crippen LogP contribution in [0.3, 0.4) is 0 Å². The molecule has 144 valence electrons. The summed E-state index contributed by atoms with van der Waals surface area (Å²) in [6.07, 6.45) is 3.69. The molecule has 0 aliphatic rings. The summed E-state index contributed by atoms with van der Waals surface area (Å²) in [6, 6.07) is 13.3. The van der Waals surface area contributed by atoms with Gasteiger partial charge in [-0.05, 0) is 54.8 Å². The summed E-state index contributed by atoms with van der Waals surface area (Å²) >= 11 is 5.96. The van der Waals surface area contributed by atoms with Gasteiger partial charge in [-0.1, -0.05) is 23.7 Å². The molecule has 0 radical (unpaired) electrons. The van der Waals surface area contributed by atoms with Gasteiger partial charge in [-0.25, -0.2) is 9.97 Å². The van der Waals surface area contributed by atoms with Crippen LogP contribution in [0.25, 0.3) is 0 Å². The van der Waals surface area contributed by atoms with E-state index in [0.717, 1.165) is 22.6 Å². The molecular weight excluding hydrogens is 376 g/mol. The van der Waals surface area contributed by atoms with Crippen LogP contribution in [-0.2, 0) is 6.42 Å². The van der Waals surface area contributed by atoms with Crippen LogP contribution >= 0.6 is 11.6 Å². The van der Waals surface area contributed by atoms with Crippen LogP contribution in [0.4, 0.5) is 11.5 Å². The number of hydrogen-bond donors (Lipinski definition) is 2. The van der Waals surface area contributed by atoms with Crippen LogP contribution in [0.2, 0.25) is 5.02 Å². The first-order valence-corrected chi connectivity index (χ1v) is 9.19. The Bertz CT molecular complexity index is 961. The number of amides is 1. The fourth-order valence-corrected chi connectivity index (χ4v) is 2.88. The number of anilines is 2. The van der Waals surface area contributed by atoms with E-state index in [1.807, 2.05) is 43.3 Å². The molecule has 1 aromatic heterocycles. The largest absolute Gasteiger partial charge is 0.497 e. The standard InChI is InChI=1S/C21H21ClN4O2/c1-14-10-16(22)6-7-18(14)26-20-13-24-19(12-25-20)21(27)23-9-8-15-4-3-5-17(11-15)28-2/h3-7,10-13H,8-9H2,1-2H3,(H,23,27)(H,25,26). The van der Waals surface area contributed by atoms with Crippen molar-refractivity contribution in [1.82, 2.24) is 15.3 Å². The number of hydrogen-bond acceptors (Lipinski definition) is 5. The van der Waals surface area contributed by atoms with Crippen molar-refractivity contribution >= 4 is 29.0 Å². The second-order valence-electron chi connectivity index (χ2n) is 6.23. The van der Waals surface area contributed by atoms with E-state index >= 15 is 0 Å². The number of benzene rings is 2. The second-order valence-corrected chi connectivity index (χ2v) is 6.66. The van der Waals surface area contributed by atoms with E-state index in [2.05, 4.69) is 20.6 Å². The van der Waals surface area contributed by atoms with Gasteiger partial charge < -0.3 is 15.4 Å². The lowest BCUT2D eigenvalue weighted by atomic mass is 10.1. The van der Waals surface area contributed by atoms with E-state index in [-0.39, 0.29) is 11.6 Å². The van der Waals surface area contributed by atoms with Gasteiger partial charge in [0.05, 0.1) is 19.5 Å². The molecule has 1 heterocycles. The average Bonchev–Trinajstić information content (AvgIpc) is 2.71. The third-order valence-electron chi connectivity index (χ3n) is 4.17. The summed E-state index contributed by atoms with van der Waals surface area (Å²) in [4.78, 5) is 20.7. The molecular formula is C21H21ClN4O2. The highest BCUT2D eigenvalue weighted by molar-refractivity contribution is 6.30. The van der Waals surface area contributed by atoms with Crippen LogP contribution in [0.1, 0.15) is 21.6 Å². The third-order valence-corrected chi connectivity index (χ3v) is 4.40. The van der Waals surface area contributed by atoms with Crippen molar-refractivity contribution in [3.63, 3.8) is 0 Å². The maximum atomic E-state index is 12.2. The van der Waals surface area contributed by atoms with Crippen LogP contribution in [0.15, 0.2) is 54.9 Å². The molecule has 3 rings (SSSR count).